The molecule has 2 aromatic heterocycles. The van der Waals surface area contributed by atoms with Gasteiger partial charge in [-0.3, -0.25) is 4.79 Å². The molecule has 1 saturated heterocycles. The molecule has 9 N–H and O–H groups in total. The van der Waals surface area contributed by atoms with E-state index in [1.54, 1.807) is 0 Å². The number of aliphatic hydroxyl groups excluding tert-OH is 2. The van der Waals surface area contributed by atoms with Gasteiger partial charge in [0.25, 0.3) is 0 Å². The number of aliphatic hydroxyl groups is 2. The second-order valence-corrected chi connectivity index (χ2v) is 4.64. The van der Waals surface area contributed by atoms with Crippen molar-refractivity contribution < 1.29 is 24.5 Å². The van der Waals surface area contributed by atoms with Crippen LogP contribution in [-0.4, -0.2) is 60.7 Å². The minimum absolute atomic E-state index is 0.00700. The van der Waals surface area contributed by atoms with Gasteiger partial charge in [-0.1, -0.05) is 0 Å². The molecule has 0 bridgehead atoms. The lowest BCUT2D eigenvalue weighted by Crippen LogP contribution is -2.40. The summed E-state index contributed by atoms with van der Waals surface area (Å²) >= 11 is 0. The van der Waals surface area contributed by atoms with E-state index in [4.69, 9.17) is 26.7 Å². The number of H-pyrrole nitrogens is 1. The smallest absolute Gasteiger partial charge is 0.322 e. The Kier molecular flexibility index (Phi) is 3.20. The number of fused-ring (bicyclic) bond motifs is 1. The van der Waals surface area contributed by atoms with Crippen molar-refractivity contribution in [3.8, 4) is 6.01 Å². The molecule has 0 saturated carbocycles. The standard InChI is InChI=1S/C10H13N7O5/c11-5-1-7(16-9(13)14-1)17-10(15-5)22-8-3(19)2(18)4(21-8)6(12)20/h2-4,8,18-19H,(H2,12,20)(H5,11,13,14,15,16,17)/t2-,3+,4-,8?/m0/s1. The summed E-state index contributed by atoms with van der Waals surface area (Å²) < 4.78 is 10.2. The molecule has 4 atom stereocenters. The molecule has 2 aromatic rings. The number of ether oxygens (including phenoxy) is 2. The number of aromatic nitrogens is 4. The zero-order chi connectivity index (χ0) is 16.0. The summed E-state index contributed by atoms with van der Waals surface area (Å²) in [7, 11) is 0. The first-order chi connectivity index (χ1) is 10.4. The summed E-state index contributed by atoms with van der Waals surface area (Å²) in [6.45, 7) is 0. The lowest BCUT2D eigenvalue weighted by Gasteiger charge is -2.15. The molecule has 0 radical (unpaired) electrons. The van der Waals surface area contributed by atoms with E-state index in [-0.39, 0.29) is 28.9 Å². The molecule has 0 aliphatic carbocycles. The van der Waals surface area contributed by atoms with E-state index in [9.17, 15) is 15.0 Å². The minimum Gasteiger partial charge on any atom is -0.430 e. The predicted octanol–water partition coefficient (Wildman–Crippen LogP) is -3.17. The molecule has 1 amide bonds. The van der Waals surface area contributed by atoms with Gasteiger partial charge < -0.3 is 41.9 Å². The van der Waals surface area contributed by atoms with Gasteiger partial charge in [-0.25, -0.2) is 4.98 Å². The van der Waals surface area contributed by atoms with Crippen LogP contribution in [0.1, 0.15) is 0 Å². The number of anilines is 2. The number of nitrogen functional groups attached to an aromatic ring is 2. The summed E-state index contributed by atoms with van der Waals surface area (Å²) in [6, 6.07) is -0.255. The first-order valence-electron chi connectivity index (χ1n) is 6.13. The summed E-state index contributed by atoms with van der Waals surface area (Å²) in [6.07, 6.45) is -5.82. The third kappa shape index (κ3) is 2.24. The third-order valence-corrected chi connectivity index (χ3v) is 3.09. The zero-order valence-corrected chi connectivity index (χ0v) is 11.0. The Hall–Kier alpha value is -2.70. The Bertz CT molecular complexity index is 734. The molecule has 22 heavy (non-hydrogen) atoms. The number of nitrogens with one attached hydrogen (secondary N) is 1. The van der Waals surface area contributed by atoms with E-state index in [1.807, 2.05) is 0 Å². The number of aromatic amines is 1. The predicted molar refractivity (Wildman–Crippen MR) is 71.0 cm³/mol. The van der Waals surface area contributed by atoms with E-state index in [1.165, 1.54) is 0 Å². The number of hydrogen-bond acceptors (Lipinski definition) is 10. The molecule has 1 fully saturated rings. The number of hydrogen-bond donors (Lipinski definition) is 6. The minimum atomic E-state index is -1.52. The van der Waals surface area contributed by atoms with Crippen molar-refractivity contribution in [2.75, 3.05) is 11.5 Å². The first-order valence-corrected chi connectivity index (χ1v) is 6.13. The maximum atomic E-state index is 11.1. The van der Waals surface area contributed by atoms with Crippen LogP contribution in [0.3, 0.4) is 0 Å². The number of imidazole rings is 1. The Morgan fingerprint density at radius 3 is 2.59 bits per heavy atom. The number of nitrogens with two attached hydrogens (primary N) is 3. The van der Waals surface area contributed by atoms with Crippen LogP contribution in [0.2, 0.25) is 0 Å². The van der Waals surface area contributed by atoms with Gasteiger partial charge in [0.05, 0.1) is 0 Å². The van der Waals surface area contributed by atoms with Crippen LogP contribution in [0.4, 0.5) is 11.8 Å². The first kappa shape index (κ1) is 14.2. The molecule has 118 valence electrons. The Balaban J connectivity index is 1.85. The van der Waals surface area contributed by atoms with Crippen molar-refractivity contribution in [2.24, 2.45) is 5.73 Å². The van der Waals surface area contributed by atoms with Crippen LogP contribution < -0.4 is 21.9 Å². The topological polar surface area (TPSA) is 209 Å². The second-order valence-electron chi connectivity index (χ2n) is 4.64. The van der Waals surface area contributed by atoms with Gasteiger partial charge in [-0.2, -0.15) is 9.97 Å². The van der Waals surface area contributed by atoms with Crippen LogP contribution in [0.25, 0.3) is 11.2 Å². The van der Waals surface area contributed by atoms with Gasteiger partial charge in [-0.15, -0.1) is 0 Å². The number of amides is 1. The SMILES string of the molecule is NC(=O)[C@H]1OC(Oc2nc(N)c3nc(N)[nH]c3n2)[C@H](O)[C@@H]1O. The number of carbonyl (C=O) groups is 1. The average molecular weight is 311 g/mol. The fourth-order valence-corrected chi connectivity index (χ4v) is 2.05. The van der Waals surface area contributed by atoms with Gasteiger partial charge in [0.15, 0.2) is 29.0 Å². The molecule has 1 unspecified atom stereocenters. The maximum absolute atomic E-state index is 11.1. The second kappa shape index (κ2) is 4.94. The molecule has 1 aliphatic rings. The molecular weight excluding hydrogens is 298 g/mol. The number of carbonyl (C=O) groups excluding carboxylic acids is 1. The van der Waals surface area contributed by atoms with Crippen LogP contribution in [0.15, 0.2) is 0 Å². The van der Waals surface area contributed by atoms with Gasteiger partial charge in [-0.05, 0) is 0 Å². The van der Waals surface area contributed by atoms with Gasteiger partial charge >= 0.3 is 6.01 Å². The van der Waals surface area contributed by atoms with Gasteiger partial charge in [0.2, 0.25) is 12.2 Å². The van der Waals surface area contributed by atoms with Crippen molar-refractivity contribution in [1.82, 2.24) is 19.9 Å². The fourth-order valence-electron chi connectivity index (χ4n) is 2.05. The van der Waals surface area contributed by atoms with Gasteiger partial charge in [0.1, 0.15) is 12.2 Å². The molecule has 12 heteroatoms. The highest BCUT2D eigenvalue weighted by Gasteiger charge is 2.47. The highest BCUT2D eigenvalue weighted by Crippen LogP contribution is 2.25. The molecule has 3 rings (SSSR count). The molecular formula is C10H13N7O5. The average Bonchev–Trinajstić information content (AvgIpc) is 2.94. The highest BCUT2D eigenvalue weighted by molar-refractivity contribution is 5.83. The summed E-state index contributed by atoms with van der Waals surface area (Å²) in [5, 5.41) is 19.4. The number of primary amides is 1. The molecule has 0 spiro atoms. The maximum Gasteiger partial charge on any atom is 0.322 e. The molecule has 0 aromatic carbocycles. The van der Waals surface area contributed by atoms with Crippen LogP contribution in [0, 0.1) is 0 Å². The van der Waals surface area contributed by atoms with Crippen LogP contribution in [0.5, 0.6) is 6.01 Å². The number of rotatable bonds is 3. The van der Waals surface area contributed by atoms with Crippen LogP contribution >= 0.6 is 0 Å². The van der Waals surface area contributed by atoms with E-state index < -0.39 is 30.5 Å². The fraction of sp³-hybridized carbons (Fsp3) is 0.400. The van der Waals surface area contributed by atoms with Gasteiger partial charge in [0, 0.05) is 0 Å². The van der Waals surface area contributed by atoms with E-state index in [2.05, 4.69) is 19.9 Å². The van der Waals surface area contributed by atoms with Crippen LogP contribution in [-0.2, 0) is 9.53 Å². The van der Waals surface area contributed by atoms with Crippen molar-refractivity contribution in [3.05, 3.63) is 0 Å². The Morgan fingerprint density at radius 1 is 1.23 bits per heavy atom. The summed E-state index contributed by atoms with van der Waals surface area (Å²) in [5.74, 6) is -0.850. The highest BCUT2D eigenvalue weighted by atomic mass is 16.7. The Morgan fingerprint density at radius 2 is 1.95 bits per heavy atom. The van der Waals surface area contributed by atoms with Crippen molar-refractivity contribution in [1.29, 1.82) is 0 Å². The zero-order valence-electron chi connectivity index (χ0n) is 11.0. The largest absolute Gasteiger partial charge is 0.430 e. The molecule has 1 aliphatic heterocycles. The van der Waals surface area contributed by atoms with E-state index in [0.717, 1.165) is 0 Å². The van der Waals surface area contributed by atoms with Crippen molar-refractivity contribution in [2.45, 2.75) is 24.6 Å². The number of nitrogens with zero attached hydrogens (tertiary/aromatic N) is 3. The Labute approximate surface area is 122 Å². The molecule has 3 heterocycles. The van der Waals surface area contributed by atoms with E-state index in [0.29, 0.717) is 0 Å². The third-order valence-electron chi connectivity index (χ3n) is 3.09. The lowest BCUT2D eigenvalue weighted by molar-refractivity contribution is -0.143. The van der Waals surface area contributed by atoms with Crippen molar-refractivity contribution in [3.63, 3.8) is 0 Å². The summed E-state index contributed by atoms with van der Waals surface area (Å²) in [4.78, 5) is 25.4. The molecule has 12 nitrogen and oxygen atoms in total. The van der Waals surface area contributed by atoms with Crippen molar-refractivity contribution >= 4 is 28.8 Å². The van der Waals surface area contributed by atoms with E-state index >= 15 is 0 Å². The lowest BCUT2D eigenvalue weighted by atomic mass is 10.1. The summed E-state index contributed by atoms with van der Waals surface area (Å²) in [5.41, 5.74) is 16.7. The quantitative estimate of drug-likeness (QED) is 0.335. The monoisotopic (exact) mass is 311 g/mol. The normalized spacial score (nSPS) is 28.1.